The smallest absolute Gasteiger partial charge is 0.330 e. The Balaban J connectivity index is 2.21. The van der Waals surface area contributed by atoms with Gasteiger partial charge in [-0.3, -0.25) is 4.79 Å². The maximum Gasteiger partial charge on any atom is 0.330 e. The van der Waals surface area contributed by atoms with E-state index in [9.17, 15) is 14.7 Å². The highest BCUT2D eigenvalue weighted by Gasteiger charge is 2.23. The summed E-state index contributed by atoms with van der Waals surface area (Å²) in [7, 11) is 0. The molecule has 0 aliphatic heterocycles. The van der Waals surface area contributed by atoms with Gasteiger partial charge >= 0.3 is 5.97 Å². The highest BCUT2D eigenvalue weighted by atomic mass is 79.9. The number of hydrogen-bond acceptors (Lipinski definition) is 3. The van der Waals surface area contributed by atoms with Crippen LogP contribution in [0.3, 0.4) is 0 Å². The minimum atomic E-state index is -1.10. The molecule has 0 unspecified atom stereocenters. The van der Waals surface area contributed by atoms with E-state index in [4.69, 9.17) is 0 Å². The zero-order valence-corrected chi connectivity index (χ0v) is 14.0. The van der Waals surface area contributed by atoms with Crippen molar-refractivity contribution in [3.8, 4) is 0 Å². The SMILES string of the molecule is O=C(N[C@@H](C(=O)O)c1ccccc1)c1cc(Br)c(Br)s1. The average molecular weight is 419 g/mol. The van der Waals surface area contributed by atoms with Crippen molar-refractivity contribution >= 4 is 55.1 Å². The van der Waals surface area contributed by atoms with E-state index in [1.807, 2.05) is 0 Å². The van der Waals surface area contributed by atoms with Crippen molar-refractivity contribution in [3.63, 3.8) is 0 Å². The maximum absolute atomic E-state index is 12.1. The standard InChI is InChI=1S/C13H9Br2NO3S/c14-8-6-9(20-11(8)15)12(17)16-10(13(18)19)7-4-2-1-3-5-7/h1-6,10H,(H,16,17)(H,18,19)/t10-/m1/s1. The molecule has 0 saturated heterocycles. The van der Waals surface area contributed by atoms with Crippen molar-refractivity contribution in [3.05, 3.63) is 55.1 Å². The number of carbonyl (C=O) groups is 2. The number of thiophene rings is 1. The monoisotopic (exact) mass is 417 g/mol. The van der Waals surface area contributed by atoms with Crippen LogP contribution in [0.1, 0.15) is 21.3 Å². The van der Waals surface area contributed by atoms with Crippen molar-refractivity contribution in [1.82, 2.24) is 5.32 Å². The number of carboxylic acids is 1. The van der Waals surface area contributed by atoms with Crippen molar-refractivity contribution in [2.24, 2.45) is 0 Å². The number of rotatable bonds is 4. The molecule has 7 heteroatoms. The third-order valence-electron chi connectivity index (χ3n) is 2.52. The highest BCUT2D eigenvalue weighted by Crippen LogP contribution is 2.32. The fourth-order valence-corrected chi connectivity index (χ4v) is 3.53. The van der Waals surface area contributed by atoms with Crippen LogP contribution >= 0.6 is 43.2 Å². The quantitative estimate of drug-likeness (QED) is 0.792. The molecule has 1 amide bonds. The van der Waals surface area contributed by atoms with Gasteiger partial charge in [-0.1, -0.05) is 30.3 Å². The average Bonchev–Trinajstić information content (AvgIpc) is 2.76. The van der Waals surface area contributed by atoms with Crippen LogP contribution < -0.4 is 5.32 Å². The predicted molar refractivity (Wildman–Crippen MR) is 84.0 cm³/mol. The summed E-state index contributed by atoms with van der Waals surface area (Å²) in [6.07, 6.45) is 0. The first-order valence-electron chi connectivity index (χ1n) is 5.52. The zero-order valence-electron chi connectivity index (χ0n) is 9.97. The van der Waals surface area contributed by atoms with Gasteiger partial charge in [-0.25, -0.2) is 4.79 Å². The van der Waals surface area contributed by atoms with Crippen LogP contribution in [0.25, 0.3) is 0 Å². The number of amides is 1. The summed E-state index contributed by atoms with van der Waals surface area (Å²) in [5, 5.41) is 11.8. The molecule has 0 aliphatic rings. The summed E-state index contributed by atoms with van der Waals surface area (Å²) in [5.74, 6) is -1.52. The van der Waals surface area contributed by atoms with E-state index in [1.165, 1.54) is 11.3 Å². The van der Waals surface area contributed by atoms with E-state index < -0.39 is 17.9 Å². The molecule has 4 nitrogen and oxygen atoms in total. The Labute approximate surface area is 136 Å². The Morgan fingerprint density at radius 2 is 1.85 bits per heavy atom. The first kappa shape index (κ1) is 15.2. The summed E-state index contributed by atoms with van der Waals surface area (Å²) in [4.78, 5) is 23.8. The van der Waals surface area contributed by atoms with Gasteiger partial charge in [0.1, 0.15) is 0 Å². The number of benzene rings is 1. The van der Waals surface area contributed by atoms with Gasteiger partial charge in [0, 0.05) is 4.47 Å². The van der Waals surface area contributed by atoms with Crippen LogP contribution in [0.15, 0.2) is 44.7 Å². The van der Waals surface area contributed by atoms with Gasteiger partial charge in [0.15, 0.2) is 6.04 Å². The van der Waals surface area contributed by atoms with E-state index >= 15 is 0 Å². The molecule has 0 saturated carbocycles. The number of carbonyl (C=O) groups excluding carboxylic acids is 1. The third-order valence-corrected chi connectivity index (χ3v) is 5.78. The lowest BCUT2D eigenvalue weighted by atomic mass is 10.1. The first-order valence-corrected chi connectivity index (χ1v) is 7.92. The molecule has 1 aromatic heterocycles. The molecule has 2 aromatic rings. The Kier molecular flexibility index (Phi) is 4.95. The molecule has 0 fully saturated rings. The lowest BCUT2D eigenvalue weighted by molar-refractivity contribution is -0.139. The second kappa shape index (κ2) is 6.51. The normalized spacial score (nSPS) is 11.9. The molecule has 20 heavy (non-hydrogen) atoms. The predicted octanol–water partition coefficient (Wildman–Crippen LogP) is 3.83. The maximum atomic E-state index is 12.1. The van der Waals surface area contributed by atoms with Crippen molar-refractivity contribution in [1.29, 1.82) is 0 Å². The van der Waals surface area contributed by atoms with Gasteiger partial charge in [0.05, 0.1) is 8.66 Å². The van der Waals surface area contributed by atoms with E-state index in [1.54, 1.807) is 36.4 Å². The van der Waals surface area contributed by atoms with Crippen LogP contribution in [0.4, 0.5) is 0 Å². The zero-order chi connectivity index (χ0) is 14.7. The van der Waals surface area contributed by atoms with Crippen LogP contribution in [0.5, 0.6) is 0 Å². The summed E-state index contributed by atoms with van der Waals surface area (Å²) in [5.41, 5.74) is 0.531. The summed E-state index contributed by atoms with van der Waals surface area (Å²) >= 11 is 7.83. The first-order chi connectivity index (χ1) is 9.49. The lowest BCUT2D eigenvalue weighted by Gasteiger charge is -2.14. The molecule has 1 atom stereocenters. The van der Waals surface area contributed by atoms with Gasteiger partial charge in [0.25, 0.3) is 5.91 Å². The minimum Gasteiger partial charge on any atom is -0.479 e. The molecule has 0 radical (unpaired) electrons. The molecule has 2 N–H and O–H groups in total. The van der Waals surface area contributed by atoms with E-state index in [0.29, 0.717) is 10.4 Å². The van der Waals surface area contributed by atoms with Gasteiger partial charge in [-0.2, -0.15) is 0 Å². The van der Waals surface area contributed by atoms with Crippen LogP contribution in [-0.4, -0.2) is 17.0 Å². The molecule has 104 valence electrons. The Morgan fingerprint density at radius 3 is 2.35 bits per heavy atom. The molecule has 2 rings (SSSR count). The summed E-state index contributed by atoms with van der Waals surface area (Å²) in [6, 6.07) is 9.17. The van der Waals surface area contributed by atoms with E-state index in [2.05, 4.69) is 37.2 Å². The van der Waals surface area contributed by atoms with Crippen molar-refractivity contribution in [2.75, 3.05) is 0 Å². The van der Waals surface area contributed by atoms with Gasteiger partial charge < -0.3 is 10.4 Å². The molecule has 0 bridgehead atoms. The van der Waals surface area contributed by atoms with E-state index in [0.717, 1.165) is 8.26 Å². The van der Waals surface area contributed by atoms with Crippen LogP contribution in [-0.2, 0) is 4.79 Å². The van der Waals surface area contributed by atoms with E-state index in [-0.39, 0.29) is 0 Å². The summed E-state index contributed by atoms with van der Waals surface area (Å²) in [6.45, 7) is 0. The fraction of sp³-hybridized carbons (Fsp3) is 0.0769. The molecule has 1 aromatic carbocycles. The molecular formula is C13H9Br2NO3S. The van der Waals surface area contributed by atoms with Crippen LogP contribution in [0.2, 0.25) is 0 Å². The molecule has 1 heterocycles. The largest absolute Gasteiger partial charge is 0.479 e. The highest BCUT2D eigenvalue weighted by molar-refractivity contribution is 9.13. The van der Waals surface area contributed by atoms with Crippen molar-refractivity contribution in [2.45, 2.75) is 6.04 Å². The van der Waals surface area contributed by atoms with Gasteiger partial charge in [-0.15, -0.1) is 11.3 Å². The van der Waals surface area contributed by atoms with Gasteiger partial charge in [-0.05, 0) is 43.5 Å². The number of aliphatic carboxylic acids is 1. The fourth-order valence-electron chi connectivity index (χ4n) is 1.59. The number of hydrogen-bond donors (Lipinski definition) is 2. The molecule has 0 spiro atoms. The van der Waals surface area contributed by atoms with Gasteiger partial charge in [0.2, 0.25) is 0 Å². The number of carboxylic acid groups (broad SMARTS) is 1. The Bertz CT molecular complexity index is 623. The molecular weight excluding hydrogens is 410 g/mol. The Hall–Kier alpha value is -1.18. The number of nitrogens with one attached hydrogen (secondary N) is 1. The Morgan fingerprint density at radius 1 is 1.20 bits per heavy atom. The topological polar surface area (TPSA) is 66.4 Å². The minimum absolute atomic E-state index is 0.419. The second-order valence-electron chi connectivity index (χ2n) is 3.89. The molecule has 0 aliphatic carbocycles. The van der Waals surface area contributed by atoms with Crippen LogP contribution in [0, 0.1) is 0 Å². The number of halogens is 2. The van der Waals surface area contributed by atoms with Crippen molar-refractivity contribution < 1.29 is 14.7 Å². The summed E-state index contributed by atoms with van der Waals surface area (Å²) < 4.78 is 1.55. The third kappa shape index (κ3) is 3.47. The second-order valence-corrected chi connectivity index (χ2v) is 7.11. The lowest BCUT2D eigenvalue weighted by Crippen LogP contribution is -2.33.